The average molecular weight is 268 g/mol. The van der Waals surface area contributed by atoms with Crippen LogP contribution in [-0.4, -0.2) is 18.8 Å². The van der Waals surface area contributed by atoms with E-state index in [1.807, 2.05) is 6.07 Å². The molecule has 0 spiro atoms. The van der Waals surface area contributed by atoms with Crippen molar-refractivity contribution in [3.8, 4) is 0 Å². The second-order valence-electron chi connectivity index (χ2n) is 5.40. The second kappa shape index (κ2) is 4.34. The topological polar surface area (TPSA) is 24.4 Å². The molecule has 1 fully saturated rings. The van der Waals surface area contributed by atoms with Crippen LogP contribution in [0.2, 0.25) is 0 Å². The fourth-order valence-corrected chi connectivity index (χ4v) is 2.70. The Morgan fingerprint density at radius 2 is 2.05 bits per heavy atom. The van der Waals surface area contributed by atoms with Crippen LogP contribution >= 0.6 is 0 Å². The molecule has 2 aliphatic heterocycles. The number of nitrogens with one attached hydrogen (secondary N) is 1. The molecule has 19 heavy (non-hydrogen) atoms. The van der Waals surface area contributed by atoms with Gasteiger partial charge in [0.25, 0.3) is 0 Å². The van der Waals surface area contributed by atoms with Gasteiger partial charge in [0.2, 0.25) is 0 Å². The van der Waals surface area contributed by atoms with E-state index in [0.29, 0.717) is 17.9 Å². The van der Waals surface area contributed by atoms with Crippen LogP contribution in [0, 0.1) is 12.8 Å². The first kappa shape index (κ1) is 12.7. The molecule has 5 heteroatoms. The van der Waals surface area contributed by atoms with Crippen molar-refractivity contribution in [1.82, 2.24) is 5.32 Å². The molecular weight excluding hydrogens is 253 g/mol. The lowest BCUT2D eigenvalue weighted by Gasteiger charge is -2.26. The number of nitrogens with zero attached hydrogens (tertiary/aromatic N) is 1. The zero-order valence-corrected chi connectivity index (χ0v) is 10.6. The summed E-state index contributed by atoms with van der Waals surface area (Å²) in [5, 5.41) is 3.17. The van der Waals surface area contributed by atoms with Crippen LogP contribution < -0.4 is 5.32 Å². The van der Waals surface area contributed by atoms with E-state index in [4.69, 9.17) is 0 Å². The fourth-order valence-electron chi connectivity index (χ4n) is 2.70. The van der Waals surface area contributed by atoms with Gasteiger partial charge < -0.3 is 5.32 Å². The monoisotopic (exact) mass is 268 g/mol. The summed E-state index contributed by atoms with van der Waals surface area (Å²) in [5.41, 5.74) is 1.80. The van der Waals surface area contributed by atoms with Crippen LogP contribution in [0.4, 0.5) is 18.9 Å². The van der Waals surface area contributed by atoms with E-state index < -0.39 is 11.7 Å². The molecule has 2 nitrogen and oxygen atoms in total. The normalized spacial score (nSPS) is 19.1. The number of aliphatic imine (C=N–C) groups is 1. The van der Waals surface area contributed by atoms with Crippen LogP contribution in [-0.2, 0) is 12.6 Å². The zero-order chi connectivity index (χ0) is 13.6. The van der Waals surface area contributed by atoms with Crippen LogP contribution in [0.1, 0.15) is 23.1 Å². The molecule has 0 amide bonds. The summed E-state index contributed by atoms with van der Waals surface area (Å²) in [6.07, 6.45) is -2.96. The molecule has 0 saturated carbocycles. The Balaban J connectivity index is 1.93. The van der Waals surface area contributed by atoms with Gasteiger partial charge in [-0.2, -0.15) is 13.2 Å². The van der Waals surface area contributed by atoms with Gasteiger partial charge in [0.05, 0.1) is 11.3 Å². The number of benzene rings is 1. The van der Waals surface area contributed by atoms with Gasteiger partial charge in [0.1, 0.15) is 0 Å². The first-order valence-electron chi connectivity index (χ1n) is 6.41. The average Bonchev–Trinajstić information content (AvgIpc) is 2.63. The molecule has 1 aromatic carbocycles. The number of hydrogen-bond donors (Lipinski definition) is 1. The summed E-state index contributed by atoms with van der Waals surface area (Å²) in [7, 11) is 0. The van der Waals surface area contributed by atoms with E-state index in [9.17, 15) is 13.2 Å². The molecule has 102 valence electrons. The van der Waals surface area contributed by atoms with E-state index in [0.717, 1.165) is 30.8 Å². The molecule has 0 radical (unpaired) electrons. The largest absolute Gasteiger partial charge is 0.418 e. The maximum absolute atomic E-state index is 13.0. The molecule has 0 bridgehead atoms. The van der Waals surface area contributed by atoms with E-state index in [1.165, 1.54) is 6.07 Å². The standard InChI is InChI=1S/C14H15F3N2/c1-8-2-10-5-11(4-9-6-18-7-9)19-13(10)12(3-8)14(15,16)17/h2-3,9,18H,4-7H2,1H3. The molecule has 1 saturated heterocycles. The summed E-state index contributed by atoms with van der Waals surface area (Å²) >= 11 is 0. The molecule has 0 atom stereocenters. The van der Waals surface area contributed by atoms with Gasteiger partial charge in [-0.25, -0.2) is 0 Å². The van der Waals surface area contributed by atoms with Crippen LogP contribution in [0.5, 0.6) is 0 Å². The van der Waals surface area contributed by atoms with Gasteiger partial charge in [-0.05, 0) is 44.0 Å². The summed E-state index contributed by atoms with van der Waals surface area (Å²) < 4.78 is 39.0. The predicted molar refractivity (Wildman–Crippen MR) is 68.0 cm³/mol. The van der Waals surface area contributed by atoms with Crippen LogP contribution in [0.25, 0.3) is 0 Å². The highest BCUT2D eigenvalue weighted by Crippen LogP contribution is 2.42. The third-order valence-electron chi connectivity index (χ3n) is 3.69. The molecule has 2 heterocycles. The van der Waals surface area contributed by atoms with E-state index in [2.05, 4.69) is 10.3 Å². The minimum Gasteiger partial charge on any atom is -0.316 e. The van der Waals surface area contributed by atoms with Crippen molar-refractivity contribution < 1.29 is 13.2 Å². The third-order valence-corrected chi connectivity index (χ3v) is 3.69. The Morgan fingerprint density at radius 3 is 2.63 bits per heavy atom. The predicted octanol–water partition coefficient (Wildman–Crippen LogP) is 3.25. The van der Waals surface area contributed by atoms with Crippen molar-refractivity contribution >= 4 is 11.4 Å². The van der Waals surface area contributed by atoms with Crippen molar-refractivity contribution in [2.24, 2.45) is 10.9 Å². The number of aryl methyl sites for hydroxylation is 1. The van der Waals surface area contributed by atoms with E-state index in [1.54, 1.807) is 6.92 Å². The van der Waals surface area contributed by atoms with E-state index >= 15 is 0 Å². The Morgan fingerprint density at radius 1 is 1.32 bits per heavy atom. The first-order valence-corrected chi connectivity index (χ1v) is 6.41. The van der Waals surface area contributed by atoms with Crippen molar-refractivity contribution in [1.29, 1.82) is 0 Å². The number of rotatable bonds is 2. The highest BCUT2D eigenvalue weighted by Gasteiger charge is 2.36. The Kier molecular flexibility index (Phi) is 2.89. The highest BCUT2D eigenvalue weighted by molar-refractivity contribution is 5.95. The number of hydrogen-bond acceptors (Lipinski definition) is 2. The molecule has 3 rings (SSSR count). The van der Waals surface area contributed by atoms with Crippen molar-refractivity contribution in [3.05, 3.63) is 28.8 Å². The van der Waals surface area contributed by atoms with Crippen LogP contribution in [0.15, 0.2) is 17.1 Å². The third kappa shape index (κ3) is 2.39. The van der Waals surface area contributed by atoms with Crippen molar-refractivity contribution in [2.45, 2.75) is 25.9 Å². The minimum atomic E-state index is -4.33. The maximum atomic E-state index is 13.0. The van der Waals surface area contributed by atoms with Gasteiger partial charge >= 0.3 is 6.18 Å². The van der Waals surface area contributed by atoms with Crippen molar-refractivity contribution in [2.75, 3.05) is 13.1 Å². The SMILES string of the molecule is Cc1cc2c(c(C(F)(F)F)c1)N=C(CC1CNC1)C2. The minimum absolute atomic E-state index is 0.139. The lowest BCUT2D eigenvalue weighted by molar-refractivity contribution is -0.137. The smallest absolute Gasteiger partial charge is 0.316 e. The Bertz CT molecular complexity index is 542. The summed E-state index contributed by atoms with van der Waals surface area (Å²) in [6, 6.07) is 3.01. The lowest BCUT2D eigenvalue weighted by atomic mass is 9.94. The van der Waals surface area contributed by atoms with Gasteiger partial charge in [-0.3, -0.25) is 4.99 Å². The van der Waals surface area contributed by atoms with Gasteiger partial charge in [-0.15, -0.1) is 0 Å². The Hall–Kier alpha value is -1.36. The van der Waals surface area contributed by atoms with Gasteiger partial charge in [-0.1, -0.05) is 11.6 Å². The molecular formula is C14H15F3N2. The number of halogens is 3. The maximum Gasteiger partial charge on any atom is 0.418 e. The summed E-state index contributed by atoms with van der Waals surface area (Å²) in [5.74, 6) is 0.531. The quantitative estimate of drug-likeness (QED) is 0.874. The molecule has 1 N–H and O–H groups in total. The van der Waals surface area contributed by atoms with E-state index in [-0.39, 0.29) is 5.69 Å². The summed E-state index contributed by atoms with van der Waals surface area (Å²) in [4.78, 5) is 4.25. The van der Waals surface area contributed by atoms with Gasteiger partial charge in [0.15, 0.2) is 0 Å². The molecule has 0 unspecified atom stereocenters. The molecule has 2 aliphatic rings. The lowest BCUT2D eigenvalue weighted by Crippen LogP contribution is -2.42. The molecule has 0 aromatic heterocycles. The van der Waals surface area contributed by atoms with Crippen LogP contribution in [0.3, 0.4) is 0 Å². The molecule has 0 aliphatic carbocycles. The van der Waals surface area contributed by atoms with Crippen molar-refractivity contribution in [3.63, 3.8) is 0 Å². The highest BCUT2D eigenvalue weighted by atomic mass is 19.4. The Labute approximate surface area is 109 Å². The first-order chi connectivity index (χ1) is 8.93. The van der Waals surface area contributed by atoms with Gasteiger partial charge in [0, 0.05) is 12.1 Å². The number of fused-ring (bicyclic) bond motifs is 1. The second-order valence-corrected chi connectivity index (χ2v) is 5.40. The summed E-state index contributed by atoms with van der Waals surface area (Å²) in [6.45, 7) is 3.59. The number of alkyl halides is 3. The molecule has 1 aromatic rings. The zero-order valence-electron chi connectivity index (χ0n) is 10.6. The fraction of sp³-hybridized carbons (Fsp3) is 0.500.